The molecule has 1 amide bonds. The van der Waals surface area contributed by atoms with Crippen LogP contribution in [0.5, 0.6) is 0 Å². The number of ether oxygens (including phenoxy) is 1. The lowest BCUT2D eigenvalue weighted by atomic mass is 10.3. The highest BCUT2D eigenvalue weighted by Gasteiger charge is 2.28. The number of carbonyl (C=O) groups excluding carboxylic acids is 1. The summed E-state index contributed by atoms with van der Waals surface area (Å²) in [5.41, 5.74) is 0.905. The molecule has 2 rings (SSSR count). The first kappa shape index (κ1) is 10.4. The fraction of sp³-hybridized carbons (Fsp3) is 0.364. The average Bonchev–Trinajstić information content (AvgIpc) is 2.58. The van der Waals surface area contributed by atoms with Crippen LogP contribution in [-0.4, -0.2) is 25.0 Å². The summed E-state index contributed by atoms with van der Waals surface area (Å²) in [5, 5.41) is 0. The number of rotatable bonds is 2. The normalized spacial score (nSPS) is 20.5. The predicted octanol–water partition coefficient (Wildman–Crippen LogP) is 2.75. The molecule has 1 heterocycles. The highest BCUT2D eigenvalue weighted by atomic mass is 32.2. The summed E-state index contributed by atoms with van der Waals surface area (Å²) in [4.78, 5) is 14.3. The number of hydrogen-bond acceptors (Lipinski definition) is 3. The highest BCUT2D eigenvalue weighted by molar-refractivity contribution is 7.98. The van der Waals surface area contributed by atoms with Crippen LogP contribution in [0.4, 0.5) is 10.5 Å². The number of nitrogens with zero attached hydrogens (tertiary/aromatic N) is 1. The molecule has 0 aromatic heterocycles. The molecule has 80 valence electrons. The summed E-state index contributed by atoms with van der Waals surface area (Å²) in [6, 6.07) is 7.92. The second-order valence-corrected chi connectivity index (χ2v) is 4.38. The monoisotopic (exact) mass is 223 g/mol. The molecule has 1 atom stereocenters. The van der Waals surface area contributed by atoms with Gasteiger partial charge in [0.15, 0.2) is 0 Å². The summed E-state index contributed by atoms with van der Waals surface area (Å²) < 4.78 is 5.07. The number of anilines is 1. The van der Waals surface area contributed by atoms with Gasteiger partial charge in [-0.2, -0.15) is 0 Å². The van der Waals surface area contributed by atoms with Gasteiger partial charge in [0.1, 0.15) is 6.10 Å². The molecule has 1 fully saturated rings. The van der Waals surface area contributed by atoms with Crippen LogP contribution in [0, 0.1) is 0 Å². The molecule has 3 nitrogen and oxygen atoms in total. The van der Waals surface area contributed by atoms with E-state index in [0.29, 0.717) is 6.54 Å². The molecule has 1 aromatic rings. The van der Waals surface area contributed by atoms with Gasteiger partial charge in [0, 0.05) is 10.6 Å². The third-order valence-corrected chi connectivity index (χ3v) is 3.09. The number of carbonyl (C=O) groups is 1. The van der Waals surface area contributed by atoms with Crippen molar-refractivity contribution in [2.45, 2.75) is 17.9 Å². The number of cyclic esters (lactones) is 1. The van der Waals surface area contributed by atoms with Crippen molar-refractivity contribution in [2.24, 2.45) is 0 Å². The zero-order valence-corrected chi connectivity index (χ0v) is 9.58. The Balaban J connectivity index is 2.19. The van der Waals surface area contributed by atoms with Crippen LogP contribution in [0.1, 0.15) is 6.92 Å². The van der Waals surface area contributed by atoms with Crippen molar-refractivity contribution in [1.29, 1.82) is 0 Å². The molecule has 0 unspecified atom stereocenters. The van der Waals surface area contributed by atoms with E-state index < -0.39 is 0 Å². The molecule has 4 heteroatoms. The Morgan fingerprint density at radius 2 is 2.07 bits per heavy atom. The minimum Gasteiger partial charge on any atom is -0.444 e. The Labute approximate surface area is 93.4 Å². The summed E-state index contributed by atoms with van der Waals surface area (Å²) in [5.74, 6) is 0. The smallest absolute Gasteiger partial charge is 0.414 e. The Bertz CT molecular complexity index is 363. The highest BCUT2D eigenvalue weighted by Crippen LogP contribution is 2.24. The van der Waals surface area contributed by atoms with E-state index in [4.69, 9.17) is 4.74 Å². The van der Waals surface area contributed by atoms with E-state index in [1.165, 1.54) is 4.90 Å². The maximum absolute atomic E-state index is 11.4. The maximum atomic E-state index is 11.4. The lowest BCUT2D eigenvalue weighted by Crippen LogP contribution is -2.23. The minimum atomic E-state index is -0.251. The first-order chi connectivity index (χ1) is 7.20. The maximum Gasteiger partial charge on any atom is 0.414 e. The van der Waals surface area contributed by atoms with Crippen LogP contribution in [0.3, 0.4) is 0 Å². The lowest BCUT2D eigenvalue weighted by Gasteiger charge is -2.12. The summed E-state index contributed by atoms with van der Waals surface area (Å²) in [7, 11) is 0. The SMILES string of the molecule is CSc1ccc(N2C[C@@H](C)OC2=O)cc1. The number of benzene rings is 1. The molecule has 1 aromatic carbocycles. The first-order valence-electron chi connectivity index (χ1n) is 4.83. The topological polar surface area (TPSA) is 29.5 Å². The molecule has 0 spiro atoms. The molecule has 15 heavy (non-hydrogen) atoms. The molecule has 1 aliphatic heterocycles. The standard InChI is InChI=1S/C11H13NO2S/c1-8-7-12(11(13)14-8)9-3-5-10(15-2)6-4-9/h3-6,8H,7H2,1-2H3/t8-/m1/s1. The van der Waals surface area contributed by atoms with Crippen LogP contribution in [0.15, 0.2) is 29.2 Å². The molecule has 0 saturated carbocycles. The summed E-state index contributed by atoms with van der Waals surface area (Å²) in [6.07, 6.45) is 1.76. The zero-order chi connectivity index (χ0) is 10.8. The van der Waals surface area contributed by atoms with E-state index in [1.54, 1.807) is 16.7 Å². The van der Waals surface area contributed by atoms with E-state index in [0.717, 1.165) is 5.69 Å². The number of amides is 1. The van der Waals surface area contributed by atoms with Crippen molar-refractivity contribution in [2.75, 3.05) is 17.7 Å². The summed E-state index contributed by atoms with van der Waals surface area (Å²) >= 11 is 1.69. The molecular formula is C11H13NO2S. The fourth-order valence-corrected chi connectivity index (χ4v) is 1.99. The third kappa shape index (κ3) is 2.09. The first-order valence-corrected chi connectivity index (χ1v) is 6.05. The predicted molar refractivity (Wildman–Crippen MR) is 61.5 cm³/mol. The van der Waals surface area contributed by atoms with Crippen molar-refractivity contribution < 1.29 is 9.53 Å². The van der Waals surface area contributed by atoms with Crippen molar-refractivity contribution in [3.8, 4) is 0 Å². The van der Waals surface area contributed by atoms with Gasteiger partial charge >= 0.3 is 6.09 Å². The van der Waals surface area contributed by atoms with Crippen LogP contribution in [0.2, 0.25) is 0 Å². The van der Waals surface area contributed by atoms with Crippen molar-refractivity contribution in [1.82, 2.24) is 0 Å². The van der Waals surface area contributed by atoms with Gasteiger partial charge in [-0.3, -0.25) is 4.90 Å². The Hall–Kier alpha value is -1.16. The quantitative estimate of drug-likeness (QED) is 0.722. The Morgan fingerprint density at radius 3 is 2.53 bits per heavy atom. The van der Waals surface area contributed by atoms with Crippen LogP contribution >= 0.6 is 11.8 Å². The van der Waals surface area contributed by atoms with Crippen LogP contribution in [0.25, 0.3) is 0 Å². The molecular weight excluding hydrogens is 210 g/mol. The molecule has 0 bridgehead atoms. The van der Waals surface area contributed by atoms with Gasteiger partial charge in [0.2, 0.25) is 0 Å². The van der Waals surface area contributed by atoms with Gasteiger partial charge < -0.3 is 4.74 Å². The van der Waals surface area contributed by atoms with Gasteiger partial charge in [-0.05, 0) is 37.4 Å². The lowest BCUT2D eigenvalue weighted by molar-refractivity contribution is 0.150. The zero-order valence-electron chi connectivity index (χ0n) is 8.77. The van der Waals surface area contributed by atoms with Crippen molar-refractivity contribution in [3.05, 3.63) is 24.3 Å². The van der Waals surface area contributed by atoms with E-state index >= 15 is 0 Å². The average molecular weight is 223 g/mol. The van der Waals surface area contributed by atoms with E-state index in [2.05, 4.69) is 0 Å². The van der Waals surface area contributed by atoms with E-state index in [1.807, 2.05) is 37.4 Å². The van der Waals surface area contributed by atoms with Crippen LogP contribution < -0.4 is 4.90 Å². The number of hydrogen-bond donors (Lipinski definition) is 0. The van der Waals surface area contributed by atoms with Gasteiger partial charge in [-0.25, -0.2) is 4.79 Å². The van der Waals surface area contributed by atoms with Gasteiger partial charge in [-0.1, -0.05) is 0 Å². The van der Waals surface area contributed by atoms with Gasteiger partial charge in [0.25, 0.3) is 0 Å². The Kier molecular flexibility index (Phi) is 2.86. The third-order valence-electron chi connectivity index (χ3n) is 2.35. The molecule has 0 aliphatic carbocycles. The molecule has 0 radical (unpaired) electrons. The van der Waals surface area contributed by atoms with Gasteiger partial charge in [-0.15, -0.1) is 11.8 Å². The van der Waals surface area contributed by atoms with Crippen molar-refractivity contribution in [3.63, 3.8) is 0 Å². The van der Waals surface area contributed by atoms with E-state index in [-0.39, 0.29) is 12.2 Å². The second-order valence-electron chi connectivity index (χ2n) is 3.50. The fourth-order valence-electron chi connectivity index (χ4n) is 1.58. The summed E-state index contributed by atoms with van der Waals surface area (Å²) in [6.45, 7) is 2.53. The molecule has 0 N–H and O–H groups in total. The minimum absolute atomic E-state index is 0.0160. The van der Waals surface area contributed by atoms with Crippen LogP contribution in [-0.2, 0) is 4.74 Å². The largest absolute Gasteiger partial charge is 0.444 e. The number of thioether (sulfide) groups is 1. The van der Waals surface area contributed by atoms with E-state index in [9.17, 15) is 4.79 Å². The second kappa shape index (κ2) is 4.14. The van der Waals surface area contributed by atoms with Crippen molar-refractivity contribution >= 4 is 23.5 Å². The van der Waals surface area contributed by atoms with Gasteiger partial charge in [0.05, 0.1) is 6.54 Å². The molecule has 1 aliphatic rings. The Morgan fingerprint density at radius 1 is 1.40 bits per heavy atom. The molecule has 1 saturated heterocycles.